The van der Waals surface area contributed by atoms with Crippen LogP contribution >= 0.6 is 0 Å². The molecular weight excluding hydrogens is 250 g/mol. The number of hydrogen-bond donors (Lipinski definition) is 0. The van der Waals surface area contributed by atoms with Gasteiger partial charge in [0.1, 0.15) is 5.75 Å². The molecule has 0 radical (unpaired) electrons. The molecule has 1 aromatic carbocycles. The fraction of sp³-hybridized carbons (Fsp3) is 0.400. The summed E-state index contributed by atoms with van der Waals surface area (Å²) in [6, 6.07) is 5.20. The Morgan fingerprint density at radius 2 is 1.41 bits per heavy atom. The normalized spacial score (nSPS) is 12.9. The van der Waals surface area contributed by atoms with Crippen molar-refractivity contribution in [1.82, 2.24) is 0 Å². The van der Waals surface area contributed by atoms with Crippen LogP contribution in [0.1, 0.15) is 5.56 Å². The van der Waals surface area contributed by atoms with Gasteiger partial charge in [-0.3, -0.25) is 0 Å². The molecular formula is C10H8F6O. The van der Waals surface area contributed by atoms with Gasteiger partial charge in [0.05, 0.1) is 0 Å². The smallest absolute Gasteiger partial charge is 0.434 e. The highest BCUT2D eigenvalue weighted by Gasteiger charge is 2.59. The third kappa shape index (κ3) is 3.54. The number of aryl methyl sites for hydroxylation is 1. The van der Waals surface area contributed by atoms with Gasteiger partial charge in [0.25, 0.3) is 6.10 Å². The van der Waals surface area contributed by atoms with Crippen molar-refractivity contribution in [2.75, 3.05) is 0 Å². The number of hydrogen-bond acceptors (Lipinski definition) is 1. The van der Waals surface area contributed by atoms with Crippen molar-refractivity contribution in [2.24, 2.45) is 0 Å². The largest absolute Gasteiger partial charge is 0.471 e. The second-order valence-electron chi connectivity index (χ2n) is 3.35. The average Bonchev–Trinajstić information content (AvgIpc) is 2.12. The van der Waals surface area contributed by atoms with Gasteiger partial charge in [-0.25, -0.2) is 0 Å². The summed E-state index contributed by atoms with van der Waals surface area (Å²) in [5.41, 5.74) is 0.200. The van der Waals surface area contributed by atoms with Crippen LogP contribution in [-0.2, 0) is 0 Å². The maximum Gasteiger partial charge on any atom is 0.434 e. The number of rotatable bonds is 2. The van der Waals surface area contributed by atoms with E-state index in [9.17, 15) is 26.3 Å². The molecule has 0 saturated carbocycles. The molecule has 0 amide bonds. The number of benzene rings is 1. The lowest BCUT2D eigenvalue weighted by molar-refractivity contribution is -0.299. The Bertz CT molecular complexity index is 367. The molecule has 0 heterocycles. The van der Waals surface area contributed by atoms with Crippen molar-refractivity contribution in [2.45, 2.75) is 25.4 Å². The molecule has 0 aliphatic heterocycles. The Morgan fingerprint density at radius 1 is 0.941 bits per heavy atom. The Labute approximate surface area is 93.0 Å². The molecule has 0 bridgehead atoms. The average molecular weight is 258 g/mol. The van der Waals surface area contributed by atoms with Gasteiger partial charge in [-0.15, -0.1) is 0 Å². The van der Waals surface area contributed by atoms with Crippen molar-refractivity contribution in [3.63, 3.8) is 0 Å². The Kier molecular flexibility index (Phi) is 3.59. The molecule has 0 saturated heterocycles. The van der Waals surface area contributed by atoms with Crippen LogP contribution in [0, 0.1) is 6.92 Å². The first-order chi connectivity index (χ1) is 7.62. The predicted octanol–water partition coefficient (Wildman–Crippen LogP) is 3.87. The van der Waals surface area contributed by atoms with Crippen LogP contribution in [0.3, 0.4) is 0 Å². The third-order valence-electron chi connectivity index (χ3n) is 1.93. The second kappa shape index (κ2) is 4.46. The summed E-state index contributed by atoms with van der Waals surface area (Å²) in [4.78, 5) is 0. The van der Waals surface area contributed by atoms with Gasteiger partial charge in [-0.2, -0.15) is 26.3 Å². The molecule has 17 heavy (non-hydrogen) atoms. The minimum atomic E-state index is -5.50. The lowest BCUT2D eigenvalue weighted by atomic mass is 10.2. The summed E-state index contributed by atoms with van der Waals surface area (Å²) in [6.07, 6.45) is -14.8. The summed E-state index contributed by atoms with van der Waals surface area (Å²) in [7, 11) is 0. The van der Waals surface area contributed by atoms with Crippen molar-refractivity contribution in [1.29, 1.82) is 0 Å². The van der Waals surface area contributed by atoms with E-state index in [0.717, 1.165) is 6.07 Å². The van der Waals surface area contributed by atoms with E-state index >= 15 is 0 Å². The molecule has 0 fully saturated rings. The predicted molar refractivity (Wildman–Crippen MR) is 47.7 cm³/mol. The first kappa shape index (κ1) is 13.7. The van der Waals surface area contributed by atoms with E-state index < -0.39 is 24.2 Å². The summed E-state index contributed by atoms with van der Waals surface area (Å²) in [5, 5.41) is 0. The number of alkyl halides is 6. The van der Waals surface area contributed by atoms with Crippen molar-refractivity contribution in [3.8, 4) is 5.75 Å². The summed E-state index contributed by atoms with van der Waals surface area (Å²) < 4.78 is 77.2. The Balaban J connectivity index is 3.00. The zero-order valence-electron chi connectivity index (χ0n) is 8.56. The van der Waals surface area contributed by atoms with Gasteiger partial charge in [-0.1, -0.05) is 18.2 Å². The van der Waals surface area contributed by atoms with Crippen molar-refractivity contribution < 1.29 is 31.1 Å². The topological polar surface area (TPSA) is 9.23 Å². The monoisotopic (exact) mass is 258 g/mol. The van der Waals surface area contributed by atoms with E-state index in [0.29, 0.717) is 0 Å². The van der Waals surface area contributed by atoms with E-state index in [4.69, 9.17) is 0 Å². The molecule has 0 N–H and O–H groups in total. The minimum Gasteiger partial charge on any atom is -0.471 e. The van der Waals surface area contributed by atoms with Crippen LogP contribution in [0.2, 0.25) is 0 Å². The third-order valence-corrected chi connectivity index (χ3v) is 1.93. The zero-order chi connectivity index (χ0) is 13.3. The van der Waals surface area contributed by atoms with E-state index in [-0.39, 0.29) is 5.56 Å². The van der Waals surface area contributed by atoms with Crippen LogP contribution in [0.15, 0.2) is 24.3 Å². The fourth-order valence-corrected chi connectivity index (χ4v) is 1.13. The molecule has 1 rings (SSSR count). The molecule has 96 valence electrons. The quantitative estimate of drug-likeness (QED) is 0.732. The molecule has 0 unspecified atom stereocenters. The van der Waals surface area contributed by atoms with E-state index in [2.05, 4.69) is 4.74 Å². The van der Waals surface area contributed by atoms with Crippen LogP contribution in [0.25, 0.3) is 0 Å². The highest BCUT2D eigenvalue weighted by molar-refractivity contribution is 5.32. The Morgan fingerprint density at radius 3 is 1.82 bits per heavy atom. The van der Waals surface area contributed by atoms with E-state index in [1.54, 1.807) is 0 Å². The molecule has 1 aromatic rings. The standard InChI is InChI=1S/C10H8F6O/c1-6-4-2-3-5-7(6)17-8(9(11,12)13)10(14,15)16/h2-5,8H,1H3. The lowest BCUT2D eigenvalue weighted by Gasteiger charge is -2.24. The summed E-state index contributed by atoms with van der Waals surface area (Å²) in [5.74, 6) is -0.438. The Hall–Kier alpha value is -1.40. The van der Waals surface area contributed by atoms with Crippen LogP contribution in [-0.4, -0.2) is 18.5 Å². The summed E-state index contributed by atoms with van der Waals surface area (Å²) in [6.45, 7) is 1.36. The van der Waals surface area contributed by atoms with E-state index in [1.165, 1.54) is 25.1 Å². The van der Waals surface area contributed by atoms with Gasteiger partial charge in [0.2, 0.25) is 0 Å². The molecule has 0 atom stereocenters. The number of para-hydroxylation sites is 1. The van der Waals surface area contributed by atoms with Crippen LogP contribution < -0.4 is 4.74 Å². The molecule has 0 aromatic heterocycles. The van der Waals surface area contributed by atoms with Gasteiger partial charge in [-0.05, 0) is 18.6 Å². The molecule has 0 aliphatic carbocycles. The summed E-state index contributed by atoms with van der Waals surface area (Å²) >= 11 is 0. The van der Waals surface area contributed by atoms with E-state index in [1.807, 2.05) is 0 Å². The van der Waals surface area contributed by atoms with Gasteiger partial charge in [0, 0.05) is 0 Å². The van der Waals surface area contributed by atoms with Gasteiger partial charge in [0.15, 0.2) is 0 Å². The fourth-order valence-electron chi connectivity index (χ4n) is 1.13. The molecule has 0 aliphatic rings. The van der Waals surface area contributed by atoms with Crippen molar-refractivity contribution in [3.05, 3.63) is 29.8 Å². The van der Waals surface area contributed by atoms with Crippen molar-refractivity contribution >= 4 is 0 Å². The molecule has 0 spiro atoms. The maximum absolute atomic E-state index is 12.2. The first-order valence-corrected chi connectivity index (χ1v) is 4.48. The SMILES string of the molecule is Cc1ccccc1OC(C(F)(F)F)C(F)(F)F. The second-order valence-corrected chi connectivity index (χ2v) is 3.35. The first-order valence-electron chi connectivity index (χ1n) is 4.48. The highest BCUT2D eigenvalue weighted by atomic mass is 19.4. The highest BCUT2D eigenvalue weighted by Crippen LogP contribution is 2.37. The lowest BCUT2D eigenvalue weighted by Crippen LogP contribution is -2.46. The van der Waals surface area contributed by atoms with Gasteiger partial charge >= 0.3 is 12.4 Å². The van der Waals surface area contributed by atoms with Gasteiger partial charge < -0.3 is 4.74 Å². The van der Waals surface area contributed by atoms with Crippen LogP contribution in [0.5, 0.6) is 5.75 Å². The minimum absolute atomic E-state index is 0.200. The molecule has 7 heteroatoms. The number of ether oxygens (including phenoxy) is 1. The molecule has 1 nitrogen and oxygen atoms in total. The maximum atomic E-state index is 12.2. The zero-order valence-corrected chi connectivity index (χ0v) is 8.56. The number of halogens is 6. The van der Waals surface area contributed by atoms with Crippen LogP contribution in [0.4, 0.5) is 26.3 Å².